The molecule has 1 aliphatic carbocycles. The number of benzene rings is 2. The lowest BCUT2D eigenvalue weighted by molar-refractivity contribution is 0.0291. The lowest BCUT2D eigenvalue weighted by atomic mass is 10.0. The van der Waals surface area contributed by atoms with Crippen LogP contribution in [-0.2, 0) is 24.3 Å². The number of ketones is 1. The van der Waals surface area contributed by atoms with E-state index in [4.69, 9.17) is 14.2 Å². The number of rotatable bonds is 2. The number of amides is 2. The molecule has 2 atom stereocenters. The van der Waals surface area contributed by atoms with Crippen molar-refractivity contribution < 1.29 is 28.6 Å². The van der Waals surface area contributed by atoms with Gasteiger partial charge in [-0.1, -0.05) is 17.3 Å². The van der Waals surface area contributed by atoms with Crippen LogP contribution in [0.25, 0.3) is 0 Å². The molecular weight excluding hydrogens is 490 g/mol. The topological polar surface area (TPSA) is 125 Å². The molecule has 4 bridgehead atoms. The van der Waals surface area contributed by atoms with Crippen LogP contribution in [0, 0.1) is 0 Å². The quantitative estimate of drug-likeness (QED) is 0.544. The maximum Gasteiger partial charge on any atom is 0.254 e. The van der Waals surface area contributed by atoms with Crippen LogP contribution >= 0.6 is 0 Å². The number of aromatic nitrogens is 3. The van der Waals surface area contributed by atoms with Gasteiger partial charge in [-0.05, 0) is 36.2 Å². The van der Waals surface area contributed by atoms with Crippen molar-refractivity contribution in [2.24, 2.45) is 0 Å². The molecule has 6 rings (SSSR count). The van der Waals surface area contributed by atoms with E-state index in [0.29, 0.717) is 59.9 Å². The number of nitrogens with one attached hydrogen (secondary N) is 1. The summed E-state index contributed by atoms with van der Waals surface area (Å²) >= 11 is 0. The molecule has 0 radical (unpaired) electrons. The second kappa shape index (κ2) is 9.90. The molecule has 1 aromatic heterocycles. The summed E-state index contributed by atoms with van der Waals surface area (Å²) in [5.41, 5.74) is 2.98. The third-order valence-corrected chi connectivity index (χ3v) is 7.21. The van der Waals surface area contributed by atoms with Crippen molar-refractivity contribution in [3.8, 4) is 11.5 Å². The zero-order valence-electron chi connectivity index (χ0n) is 20.9. The molecule has 11 nitrogen and oxygen atoms in total. The van der Waals surface area contributed by atoms with E-state index in [1.54, 1.807) is 52.2 Å². The first-order valence-corrected chi connectivity index (χ1v) is 12.6. The fourth-order valence-electron chi connectivity index (χ4n) is 5.25. The number of nitrogens with zero attached hydrogens (tertiary/aromatic N) is 4. The third kappa shape index (κ3) is 4.49. The van der Waals surface area contributed by atoms with Crippen molar-refractivity contribution in [1.82, 2.24) is 25.2 Å². The normalized spacial score (nSPS) is 21.0. The summed E-state index contributed by atoms with van der Waals surface area (Å²) in [7, 11) is 1.54. The molecule has 2 aliphatic heterocycles. The van der Waals surface area contributed by atoms with Crippen molar-refractivity contribution in [2.75, 3.05) is 26.8 Å². The summed E-state index contributed by atoms with van der Waals surface area (Å²) in [6.45, 7) is 1.48. The van der Waals surface area contributed by atoms with Gasteiger partial charge in [-0.25, -0.2) is 4.68 Å². The molecule has 3 aliphatic rings. The second-order valence-corrected chi connectivity index (χ2v) is 9.58. The molecule has 0 unspecified atom stereocenters. The Hall–Kier alpha value is -4.25. The SMILES string of the molecule is COc1ccc2cc1OCCn1cc(nn1)CO[C@H]1CN(C(=O)c3cccc4c3CCC4=O)C[C@@H]1NC2=O. The monoisotopic (exact) mass is 517 g/mol. The smallest absolute Gasteiger partial charge is 0.254 e. The number of carbonyl (C=O) groups is 3. The van der Waals surface area contributed by atoms with E-state index >= 15 is 0 Å². The summed E-state index contributed by atoms with van der Waals surface area (Å²) in [5.74, 6) is 0.529. The molecule has 1 N–H and O–H groups in total. The maximum atomic E-state index is 13.6. The molecule has 2 aromatic carbocycles. The fourth-order valence-corrected chi connectivity index (χ4v) is 5.25. The second-order valence-electron chi connectivity index (χ2n) is 9.58. The van der Waals surface area contributed by atoms with Gasteiger partial charge in [0.2, 0.25) is 0 Å². The van der Waals surface area contributed by atoms with E-state index in [9.17, 15) is 14.4 Å². The molecule has 0 spiro atoms. The molecule has 0 saturated carbocycles. The molecule has 38 heavy (non-hydrogen) atoms. The first kappa shape index (κ1) is 24.1. The van der Waals surface area contributed by atoms with Crippen LogP contribution in [0.5, 0.6) is 11.5 Å². The summed E-state index contributed by atoms with van der Waals surface area (Å²) in [5, 5.41) is 11.3. The highest BCUT2D eigenvalue weighted by Gasteiger charge is 2.39. The minimum Gasteiger partial charge on any atom is -0.493 e. The molecule has 11 heteroatoms. The van der Waals surface area contributed by atoms with Gasteiger partial charge in [-0.3, -0.25) is 14.4 Å². The zero-order valence-corrected chi connectivity index (χ0v) is 20.9. The van der Waals surface area contributed by atoms with Crippen molar-refractivity contribution in [1.29, 1.82) is 0 Å². The number of likely N-dealkylation sites (tertiary alicyclic amines) is 1. The van der Waals surface area contributed by atoms with Crippen LogP contribution in [0.1, 0.15) is 48.8 Å². The van der Waals surface area contributed by atoms with E-state index in [0.717, 1.165) is 5.56 Å². The highest BCUT2D eigenvalue weighted by atomic mass is 16.5. The number of carbonyl (C=O) groups excluding carboxylic acids is 3. The fraction of sp³-hybridized carbons (Fsp3) is 0.370. The van der Waals surface area contributed by atoms with E-state index in [1.807, 2.05) is 0 Å². The van der Waals surface area contributed by atoms with Gasteiger partial charge in [0.1, 0.15) is 12.3 Å². The van der Waals surface area contributed by atoms with E-state index in [-0.39, 0.29) is 37.3 Å². The van der Waals surface area contributed by atoms with Gasteiger partial charge in [-0.15, -0.1) is 5.10 Å². The van der Waals surface area contributed by atoms with Gasteiger partial charge >= 0.3 is 0 Å². The maximum absolute atomic E-state index is 13.6. The van der Waals surface area contributed by atoms with Gasteiger partial charge < -0.3 is 24.4 Å². The Bertz CT molecular complexity index is 1420. The third-order valence-electron chi connectivity index (χ3n) is 7.21. The molecule has 196 valence electrons. The number of methoxy groups -OCH3 is 1. The first-order chi connectivity index (χ1) is 18.5. The summed E-state index contributed by atoms with van der Waals surface area (Å²) in [4.78, 5) is 40.7. The van der Waals surface area contributed by atoms with Gasteiger partial charge in [0.25, 0.3) is 11.8 Å². The van der Waals surface area contributed by atoms with Crippen LogP contribution in [0.15, 0.2) is 42.6 Å². The van der Waals surface area contributed by atoms with Crippen LogP contribution in [0.3, 0.4) is 0 Å². The average molecular weight is 518 g/mol. The van der Waals surface area contributed by atoms with Crippen LogP contribution < -0.4 is 14.8 Å². The summed E-state index contributed by atoms with van der Waals surface area (Å²) < 4.78 is 19.1. The molecule has 3 heterocycles. The Labute approximate surface area is 218 Å². The van der Waals surface area contributed by atoms with Crippen LogP contribution in [0.4, 0.5) is 0 Å². The predicted molar refractivity (Wildman–Crippen MR) is 133 cm³/mol. The van der Waals surface area contributed by atoms with Gasteiger partial charge in [0.15, 0.2) is 17.3 Å². The zero-order chi connectivity index (χ0) is 26.2. The highest BCUT2D eigenvalue weighted by molar-refractivity contribution is 6.05. The minimum absolute atomic E-state index is 0.0615. The van der Waals surface area contributed by atoms with Gasteiger partial charge in [0.05, 0.1) is 38.6 Å². The number of hydrogen-bond donors (Lipinski definition) is 1. The Morgan fingerprint density at radius 3 is 2.92 bits per heavy atom. The van der Waals surface area contributed by atoms with Crippen molar-refractivity contribution in [3.63, 3.8) is 0 Å². The Balaban J connectivity index is 1.29. The summed E-state index contributed by atoms with van der Waals surface area (Å²) in [6, 6.07) is 9.81. The standard InChI is InChI=1S/C27H27N5O6/c1-36-23-8-5-16-11-24(23)37-10-9-32-12-17(29-30-32)15-38-25-14-31(13-21(25)28-26(16)34)27(35)20-4-2-3-19-18(20)6-7-22(19)33/h2-5,8,11-12,21,25H,6-7,9-10,13-15H2,1H3,(H,28,34)/t21-,25-/m0/s1. The van der Waals surface area contributed by atoms with E-state index < -0.39 is 12.1 Å². The minimum atomic E-state index is -0.467. The molecular formula is C27H27N5O6. The van der Waals surface area contributed by atoms with Crippen molar-refractivity contribution >= 4 is 17.6 Å². The predicted octanol–water partition coefficient (Wildman–Crippen LogP) is 1.65. The lowest BCUT2D eigenvalue weighted by Gasteiger charge is -2.20. The number of fused-ring (bicyclic) bond motifs is 6. The van der Waals surface area contributed by atoms with Gasteiger partial charge in [0, 0.05) is 36.2 Å². The van der Waals surface area contributed by atoms with E-state index in [1.165, 1.54) is 7.11 Å². The summed E-state index contributed by atoms with van der Waals surface area (Å²) in [6.07, 6.45) is 2.29. The lowest BCUT2D eigenvalue weighted by Crippen LogP contribution is -2.44. The van der Waals surface area contributed by atoms with Gasteiger partial charge in [-0.2, -0.15) is 0 Å². The molecule has 1 saturated heterocycles. The number of hydrogen-bond acceptors (Lipinski definition) is 8. The Morgan fingerprint density at radius 2 is 2.05 bits per heavy atom. The van der Waals surface area contributed by atoms with Crippen molar-refractivity contribution in [2.45, 2.75) is 38.1 Å². The van der Waals surface area contributed by atoms with E-state index in [2.05, 4.69) is 15.6 Å². The number of ether oxygens (including phenoxy) is 3. The molecule has 2 amide bonds. The van der Waals surface area contributed by atoms with Crippen molar-refractivity contribution in [3.05, 3.63) is 70.5 Å². The largest absolute Gasteiger partial charge is 0.493 e. The number of Topliss-reactive ketones (excluding diaryl/α,β-unsaturated/α-hetero) is 1. The Morgan fingerprint density at radius 1 is 1.16 bits per heavy atom. The molecule has 3 aromatic rings. The van der Waals surface area contributed by atoms with Crippen LogP contribution in [-0.4, -0.2) is 76.4 Å². The van der Waals surface area contributed by atoms with Crippen LogP contribution in [0.2, 0.25) is 0 Å². The molecule has 1 fully saturated rings. The Kier molecular flexibility index (Phi) is 6.28. The highest BCUT2D eigenvalue weighted by Crippen LogP contribution is 2.30. The average Bonchev–Trinajstić information content (AvgIpc) is 3.65. The first-order valence-electron chi connectivity index (χ1n) is 12.6.